The van der Waals surface area contributed by atoms with Crippen LogP contribution < -0.4 is 0 Å². The number of rotatable bonds is 6. The maximum absolute atomic E-state index is 13.5. The van der Waals surface area contributed by atoms with E-state index in [4.69, 9.17) is 9.47 Å². The fourth-order valence-electron chi connectivity index (χ4n) is 1.67. The average Bonchev–Trinajstić information content (AvgIpc) is 2.42. The lowest BCUT2D eigenvalue weighted by atomic mass is 9.96. The van der Waals surface area contributed by atoms with Crippen molar-refractivity contribution in [1.82, 2.24) is 0 Å². The molecule has 0 saturated carbocycles. The monoisotopic (exact) mass is 296 g/mol. The first-order valence-electron chi connectivity index (χ1n) is 6.56. The van der Waals surface area contributed by atoms with Gasteiger partial charge in [0.1, 0.15) is 5.82 Å². The predicted octanol–water partition coefficient (Wildman–Crippen LogP) is 2.06. The summed E-state index contributed by atoms with van der Waals surface area (Å²) in [6.45, 7) is 4.68. The summed E-state index contributed by atoms with van der Waals surface area (Å²) < 4.78 is 22.9. The first-order chi connectivity index (χ1) is 9.92. The van der Waals surface area contributed by atoms with Gasteiger partial charge in [0.15, 0.2) is 5.78 Å². The summed E-state index contributed by atoms with van der Waals surface area (Å²) in [5.41, 5.74) is 0.277. The summed E-state index contributed by atoms with van der Waals surface area (Å²) in [7, 11) is 0. The minimum absolute atomic E-state index is 0.0181. The van der Waals surface area contributed by atoms with E-state index < -0.39 is 29.5 Å². The first kappa shape index (κ1) is 16.8. The number of carbonyl (C=O) groups is 3. The van der Waals surface area contributed by atoms with Gasteiger partial charge in [-0.25, -0.2) is 4.39 Å². The van der Waals surface area contributed by atoms with Crippen molar-refractivity contribution in [3.8, 4) is 0 Å². The summed E-state index contributed by atoms with van der Waals surface area (Å²) in [4.78, 5) is 35.8. The Bertz CT molecular complexity index is 535. The molecule has 0 bridgehead atoms. The molecule has 0 atom stereocenters. The van der Waals surface area contributed by atoms with Crippen LogP contribution in [-0.4, -0.2) is 30.9 Å². The number of hydrogen-bond acceptors (Lipinski definition) is 5. The molecular formula is C15H17FO5. The Morgan fingerprint density at radius 2 is 1.62 bits per heavy atom. The van der Waals surface area contributed by atoms with Crippen LogP contribution in [0.4, 0.5) is 4.39 Å². The molecule has 0 heterocycles. The van der Waals surface area contributed by atoms with Gasteiger partial charge in [-0.15, -0.1) is 0 Å². The quantitative estimate of drug-likeness (QED) is 0.456. The van der Waals surface area contributed by atoms with Gasteiger partial charge in [-0.3, -0.25) is 14.4 Å². The second-order valence-corrected chi connectivity index (χ2v) is 4.27. The van der Waals surface area contributed by atoms with Gasteiger partial charge >= 0.3 is 11.9 Å². The maximum atomic E-state index is 13.5. The van der Waals surface area contributed by atoms with E-state index in [-0.39, 0.29) is 18.8 Å². The van der Waals surface area contributed by atoms with Crippen molar-refractivity contribution in [2.45, 2.75) is 20.8 Å². The van der Waals surface area contributed by atoms with Gasteiger partial charge in [0.2, 0.25) is 5.92 Å². The lowest BCUT2D eigenvalue weighted by Crippen LogP contribution is -2.35. The van der Waals surface area contributed by atoms with Crippen LogP contribution in [-0.2, 0) is 19.1 Å². The first-order valence-corrected chi connectivity index (χ1v) is 6.56. The number of benzene rings is 1. The van der Waals surface area contributed by atoms with E-state index in [2.05, 4.69) is 0 Å². The number of ether oxygens (including phenoxy) is 2. The fraction of sp³-hybridized carbons (Fsp3) is 0.400. The maximum Gasteiger partial charge on any atom is 0.328 e. The van der Waals surface area contributed by atoms with E-state index in [9.17, 15) is 18.8 Å². The minimum atomic E-state index is -1.73. The van der Waals surface area contributed by atoms with Crippen LogP contribution in [0.5, 0.6) is 0 Å². The number of halogens is 1. The molecular weight excluding hydrogens is 279 g/mol. The van der Waals surface area contributed by atoms with Crippen molar-refractivity contribution in [2.75, 3.05) is 13.2 Å². The van der Waals surface area contributed by atoms with Crippen LogP contribution in [0.25, 0.3) is 0 Å². The third kappa shape index (κ3) is 4.11. The van der Waals surface area contributed by atoms with Gasteiger partial charge in [0.25, 0.3) is 0 Å². The number of carbonyl (C=O) groups excluding carboxylic acids is 3. The molecule has 0 spiro atoms. The number of aryl methyl sites for hydroxylation is 1. The average molecular weight is 296 g/mol. The Labute approximate surface area is 122 Å². The Kier molecular flexibility index (Phi) is 6.02. The molecule has 0 N–H and O–H groups in total. The van der Waals surface area contributed by atoms with Gasteiger partial charge in [-0.05, 0) is 32.4 Å². The highest BCUT2D eigenvalue weighted by atomic mass is 19.1. The van der Waals surface area contributed by atoms with Crippen LogP contribution in [0, 0.1) is 18.7 Å². The Hall–Kier alpha value is -2.24. The van der Waals surface area contributed by atoms with Crippen molar-refractivity contribution in [1.29, 1.82) is 0 Å². The topological polar surface area (TPSA) is 69.7 Å². The number of Topliss-reactive ketones (excluding diaryl/α,β-unsaturated/α-hetero) is 1. The lowest BCUT2D eigenvalue weighted by Gasteiger charge is -2.13. The van der Waals surface area contributed by atoms with Crippen LogP contribution in [0.1, 0.15) is 29.8 Å². The third-order valence-corrected chi connectivity index (χ3v) is 2.76. The van der Waals surface area contributed by atoms with E-state index in [1.54, 1.807) is 13.8 Å². The molecule has 0 aliphatic carbocycles. The van der Waals surface area contributed by atoms with Gasteiger partial charge in [0.05, 0.1) is 13.2 Å². The van der Waals surface area contributed by atoms with Gasteiger partial charge in [0, 0.05) is 5.56 Å². The molecule has 0 aliphatic heterocycles. The molecule has 1 rings (SSSR count). The third-order valence-electron chi connectivity index (χ3n) is 2.76. The normalized spacial score (nSPS) is 10.3. The zero-order chi connectivity index (χ0) is 16.0. The van der Waals surface area contributed by atoms with Crippen LogP contribution in [0.3, 0.4) is 0 Å². The zero-order valence-electron chi connectivity index (χ0n) is 12.1. The Morgan fingerprint density at radius 1 is 1.10 bits per heavy atom. The van der Waals surface area contributed by atoms with Crippen molar-refractivity contribution in [2.24, 2.45) is 5.92 Å². The van der Waals surface area contributed by atoms with Gasteiger partial charge < -0.3 is 9.47 Å². The van der Waals surface area contributed by atoms with E-state index in [1.165, 1.54) is 19.1 Å². The second-order valence-electron chi connectivity index (χ2n) is 4.27. The number of hydrogen-bond donors (Lipinski definition) is 0. The fourth-order valence-corrected chi connectivity index (χ4v) is 1.67. The SMILES string of the molecule is CCOC(=O)C(C(=O)OCC)C(=O)c1ccc(C)c(F)c1. The molecule has 0 saturated heterocycles. The summed E-state index contributed by atoms with van der Waals surface area (Å²) in [5, 5.41) is 0. The van der Waals surface area contributed by atoms with E-state index >= 15 is 0 Å². The van der Waals surface area contributed by atoms with Gasteiger partial charge in [-0.1, -0.05) is 12.1 Å². The smallest absolute Gasteiger partial charge is 0.328 e. The molecule has 0 amide bonds. The highest BCUT2D eigenvalue weighted by molar-refractivity contribution is 6.20. The largest absolute Gasteiger partial charge is 0.465 e. The molecule has 114 valence electrons. The standard InChI is InChI=1S/C15H17FO5/c1-4-20-14(18)12(15(19)21-5-2)13(17)10-7-6-9(3)11(16)8-10/h6-8,12H,4-5H2,1-3H3. The van der Waals surface area contributed by atoms with Crippen LogP contribution in [0.2, 0.25) is 0 Å². The van der Waals surface area contributed by atoms with Crippen molar-refractivity contribution in [3.05, 3.63) is 35.1 Å². The molecule has 1 aromatic rings. The second kappa shape index (κ2) is 7.52. The minimum Gasteiger partial charge on any atom is -0.465 e. The van der Waals surface area contributed by atoms with E-state index in [0.29, 0.717) is 5.56 Å². The summed E-state index contributed by atoms with van der Waals surface area (Å²) >= 11 is 0. The lowest BCUT2D eigenvalue weighted by molar-refractivity contribution is -0.158. The number of ketones is 1. The Morgan fingerprint density at radius 3 is 2.05 bits per heavy atom. The molecule has 1 aromatic carbocycles. The van der Waals surface area contributed by atoms with E-state index in [1.807, 2.05) is 0 Å². The highest BCUT2D eigenvalue weighted by Crippen LogP contribution is 2.16. The molecule has 0 radical (unpaired) electrons. The molecule has 0 fully saturated rings. The van der Waals surface area contributed by atoms with Crippen molar-refractivity contribution >= 4 is 17.7 Å². The molecule has 5 nitrogen and oxygen atoms in total. The van der Waals surface area contributed by atoms with Crippen LogP contribution >= 0.6 is 0 Å². The molecule has 0 unspecified atom stereocenters. The highest BCUT2D eigenvalue weighted by Gasteiger charge is 2.37. The summed E-state index contributed by atoms with van der Waals surface area (Å²) in [6, 6.07) is 3.74. The van der Waals surface area contributed by atoms with Gasteiger partial charge in [-0.2, -0.15) is 0 Å². The summed E-state index contributed by atoms with van der Waals surface area (Å²) in [6.07, 6.45) is 0. The molecule has 21 heavy (non-hydrogen) atoms. The molecule has 0 aromatic heterocycles. The number of esters is 2. The van der Waals surface area contributed by atoms with Crippen molar-refractivity contribution < 1.29 is 28.2 Å². The predicted molar refractivity (Wildman–Crippen MR) is 72.2 cm³/mol. The summed E-state index contributed by atoms with van der Waals surface area (Å²) in [5.74, 6) is -5.16. The van der Waals surface area contributed by atoms with Crippen LogP contribution in [0.15, 0.2) is 18.2 Å². The van der Waals surface area contributed by atoms with Crippen molar-refractivity contribution in [3.63, 3.8) is 0 Å². The zero-order valence-corrected chi connectivity index (χ0v) is 12.1. The van der Waals surface area contributed by atoms with E-state index in [0.717, 1.165) is 6.07 Å². The molecule has 6 heteroatoms. The molecule has 0 aliphatic rings. The Balaban J connectivity index is 3.11.